The molecule has 176 valence electrons. The van der Waals surface area contributed by atoms with E-state index in [4.69, 9.17) is 9.47 Å². The Hall–Kier alpha value is -3.31. The fourth-order valence-corrected chi connectivity index (χ4v) is 6.21. The molecule has 2 atom stereocenters. The summed E-state index contributed by atoms with van der Waals surface area (Å²) in [6.45, 7) is 3.96. The number of ether oxygens (including phenoxy) is 2. The molecule has 1 amide bonds. The maximum atomic E-state index is 13.3. The van der Waals surface area contributed by atoms with Crippen molar-refractivity contribution in [2.24, 2.45) is 5.92 Å². The fraction of sp³-hybridized carbons (Fsp3) is 0.435. The molecule has 4 aromatic heterocycles. The summed E-state index contributed by atoms with van der Waals surface area (Å²) < 4.78 is 11.0. The molecule has 0 aromatic carbocycles. The monoisotopic (exact) mass is 479 g/mol. The Bertz CT molecular complexity index is 1380. The Morgan fingerprint density at radius 3 is 3.15 bits per heavy atom. The van der Waals surface area contributed by atoms with E-state index in [9.17, 15) is 4.79 Å². The first-order chi connectivity index (χ1) is 16.6. The van der Waals surface area contributed by atoms with Crippen molar-refractivity contribution in [3.05, 3.63) is 29.0 Å². The van der Waals surface area contributed by atoms with Gasteiger partial charge in [-0.1, -0.05) is 0 Å². The van der Waals surface area contributed by atoms with Crippen LogP contribution < -0.4 is 10.1 Å². The summed E-state index contributed by atoms with van der Waals surface area (Å²) in [4.78, 5) is 31.0. The van der Waals surface area contributed by atoms with E-state index in [0.29, 0.717) is 37.0 Å². The van der Waals surface area contributed by atoms with Crippen LogP contribution in [-0.4, -0.2) is 68.9 Å². The maximum Gasteiger partial charge on any atom is 0.239 e. The average Bonchev–Trinajstić information content (AvgIpc) is 3.47. The van der Waals surface area contributed by atoms with Crippen LogP contribution in [0.3, 0.4) is 0 Å². The first kappa shape index (κ1) is 21.2. The number of carbonyl (C=O) groups is 1. The van der Waals surface area contributed by atoms with Crippen LogP contribution in [0.15, 0.2) is 18.6 Å². The van der Waals surface area contributed by atoms with Gasteiger partial charge in [-0.15, -0.1) is 11.3 Å². The summed E-state index contributed by atoms with van der Waals surface area (Å²) in [6, 6.07) is 2.07. The number of aromatic nitrogens is 5. The van der Waals surface area contributed by atoms with Gasteiger partial charge >= 0.3 is 0 Å². The molecule has 1 saturated heterocycles. The highest BCUT2D eigenvalue weighted by Crippen LogP contribution is 2.41. The minimum Gasteiger partial charge on any atom is -0.479 e. The highest BCUT2D eigenvalue weighted by atomic mass is 32.1. The molecule has 1 aliphatic carbocycles. The lowest BCUT2D eigenvalue weighted by Gasteiger charge is -2.36. The second-order valence-electron chi connectivity index (χ2n) is 8.78. The molecule has 6 rings (SSSR count). The molecule has 11 heteroatoms. The molecule has 0 bridgehead atoms. The molecule has 1 aliphatic heterocycles. The lowest BCUT2D eigenvalue weighted by atomic mass is 9.86. The second-order valence-corrected chi connectivity index (χ2v) is 9.86. The molecular formula is C23H25N7O3S. The zero-order chi connectivity index (χ0) is 23.2. The molecule has 0 spiro atoms. The number of fused-ring (bicyclic) bond motifs is 4. The Labute approximate surface area is 199 Å². The van der Waals surface area contributed by atoms with Crippen molar-refractivity contribution in [1.82, 2.24) is 30.0 Å². The van der Waals surface area contributed by atoms with E-state index in [-0.39, 0.29) is 17.9 Å². The van der Waals surface area contributed by atoms with E-state index >= 15 is 0 Å². The molecular weight excluding hydrogens is 454 g/mol. The smallest absolute Gasteiger partial charge is 0.239 e. The summed E-state index contributed by atoms with van der Waals surface area (Å²) in [6.07, 6.45) is 5.68. The third-order valence-electron chi connectivity index (χ3n) is 6.68. The van der Waals surface area contributed by atoms with Crippen LogP contribution in [0.2, 0.25) is 0 Å². The third-order valence-corrected chi connectivity index (χ3v) is 7.85. The van der Waals surface area contributed by atoms with Crippen molar-refractivity contribution < 1.29 is 14.3 Å². The number of morpholine rings is 1. The van der Waals surface area contributed by atoms with E-state index < -0.39 is 0 Å². The number of hydrogen-bond donors (Lipinski definition) is 2. The van der Waals surface area contributed by atoms with E-state index in [1.165, 1.54) is 10.4 Å². The van der Waals surface area contributed by atoms with Crippen LogP contribution in [0.4, 0.5) is 11.5 Å². The molecule has 2 N–H and O–H groups in total. The molecule has 0 radical (unpaired) electrons. The molecule has 4 aromatic rings. The van der Waals surface area contributed by atoms with E-state index in [1.807, 2.05) is 11.0 Å². The van der Waals surface area contributed by atoms with Crippen LogP contribution in [-0.2, 0) is 22.4 Å². The minimum atomic E-state index is -0.00160. The van der Waals surface area contributed by atoms with Crippen molar-refractivity contribution in [3.63, 3.8) is 0 Å². The largest absolute Gasteiger partial charge is 0.479 e. The van der Waals surface area contributed by atoms with Crippen LogP contribution in [0.25, 0.3) is 21.3 Å². The van der Waals surface area contributed by atoms with Gasteiger partial charge in [-0.05, 0) is 37.8 Å². The van der Waals surface area contributed by atoms with Gasteiger partial charge in [0.25, 0.3) is 0 Å². The summed E-state index contributed by atoms with van der Waals surface area (Å²) in [5.41, 5.74) is 2.61. The number of thiophene rings is 1. The number of rotatable bonds is 4. The van der Waals surface area contributed by atoms with Gasteiger partial charge in [-0.25, -0.2) is 9.97 Å². The molecule has 1 fully saturated rings. The van der Waals surface area contributed by atoms with Gasteiger partial charge in [0.2, 0.25) is 11.8 Å². The molecule has 0 saturated carbocycles. The molecule has 0 unspecified atom stereocenters. The topological polar surface area (TPSA) is 118 Å². The number of methoxy groups -OCH3 is 1. The predicted octanol–water partition coefficient (Wildman–Crippen LogP) is 3.07. The van der Waals surface area contributed by atoms with Gasteiger partial charge in [0.1, 0.15) is 22.7 Å². The first-order valence-electron chi connectivity index (χ1n) is 11.4. The highest BCUT2D eigenvalue weighted by Gasteiger charge is 2.34. The zero-order valence-corrected chi connectivity index (χ0v) is 19.8. The third kappa shape index (κ3) is 3.55. The van der Waals surface area contributed by atoms with Gasteiger partial charge in [-0.2, -0.15) is 10.1 Å². The van der Waals surface area contributed by atoms with Crippen molar-refractivity contribution in [2.75, 3.05) is 32.2 Å². The average molecular weight is 480 g/mol. The van der Waals surface area contributed by atoms with E-state index in [2.05, 4.69) is 37.4 Å². The quantitative estimate of drug-likeness (QED) is 0.459. The van der Waals surface area contributed by atoms with Crippen LogP contribution in [0.5, 0.6) is 5.88 Å². The second kappa shape index (κ2) is 8.48. The number of nitrogens with one attached hydrogen (secondary N) is 2. The molecule has 10 nitrogen and oxygen atoms in total. The Kier molecular flexibility index (Phi) is 5.30. The predicted molar refractivity (Wildman–Crippen MR) is 129 cm³/mol. The number of aryl methyl sites for hydroxylation is 1. The minimum absolute atomic E-state index is 0.00160. The van der Waals surface area contributed by atoms with Crippen LogP contribution in [0.1, 0.15) is 23.8 Å². The number of pyridine rings is 1. The number of H-pyrrole nitrogens is 1. The van der Waals surface area contributed by atoms with Crippen molar-refractivity contribution >= 4 is 50.0 Å². The first-order valence-corrected chi connectivity index (χ1v) is 12.2. The van der Waals surface area contributed by atoms with Crippen molar-refractivity contribution in [1.29, 1.82) is 0 Å². The highest BCUT2D eigenvalue weighted by molar-refractivity contribution is 7.19. The van der Waals surface area contributed by atoms with Crippen LogP contribution >= 0.6 is 11.3 Å². The normalized spacial score (nSPS) is 20.5. The van der Waals surface area contributed by atoms with Crippen LogP contribution in [0, 0.1) is 5.92 Å². The van der Waals surface area contributed by atoms with Crippen molar-refractivity contribution in [3.8, 4) is 5.88 Å². The molecule has 2 aliphatic rings. The number of hydrogen-bond acceptors (Lipinski definition) is 9. The lowest BCUT2D eigenvalue weighted by Crippen LogP contribution is -2.50. The number of amides is 1. The summed E-state index contributed by atoms with van der Waals surface area (Å²) in [5.74, 6) is 1.42. The fourth-order valence-electron chi connectivity index (χ4n) is 4.94. The van der Waals surface area contributed by atoms with Gasteiger partial charge in [-0.3, -0.25) is 9.89 Å². The summed E-state index contributed by atoms with van der Waals surface area (Å²) in [5, 5.41) is 12.2. The molecule has 34 heavy (non-hydrogen) atoms. The number of carbonyl (C=O) groups excluding carboxylic acids is 1. The molecule has 5 heterocycles. The SMILES string of the molecule is COc1nc2[nH]ncc2cc1Nc1ncnc2sc3c(c12)CC[C@H](C(=O)N1CCOC[C@H]1C)C3. The zero-order valence-electron chi connectivity index (χ0n) is 19.0. The number of aromatic amines is 1. The standard InChI is InChI=1S/C23H25N7O3S/c1-12-10-33-6-5-30(12)23(31)13-3-4-15-17(8-13)34-22-18(15)20(24-11-25-22)27-16-7-14-9-26-29-19(14)28-21(16)32-2/h7,9,11-13H,3-6,8,10H2,1-2H3,(H,24,25,27)(H,26,28,29)/t12-,13+/m1/s1. The number of anilines is 2. The van der Waals surface area contributed by atoms with Crippen molar-refractivity contribution in [2.45, 2.75) is 32.2 Å². The van der Waals surface area contributed by atoms with Gasteiger partial charge in [0.05, 0.1) is 37.9 Å². The maximum absolute atomic E-state index is 13.3. The van der Waals surface area contributed by atoms with Gasteiger partial charge in [0.15, 0.2) is 5.65 Å². The van der Waals surface area contributed by atoms with E-state index in [0.717, 1.165) is 40.7 Å². The Morgan fingerprint density at radius 2 is 2.29 bits per heavy atom. The van der Waals surface area contributed by atoms with Gasteiger partial charge in [0, 0.05) is 22.7 Å². The Balaban J connectivity index is 1.32. The summed E-state index contributed by atoms with van der Waals surface area (Å²) in [7, 11) is 1.59. The number of nitrogens with zero attached hydrogens (tertiary/aromatic N) is 5. The Morgan fingerprint density at radius 1 is 1.38 bits per heavy atom. The van der Waals surface area contributed by atoms with E-state index in [1.54, 1.807) is 31.0 Å². The summed E-state index contributed by atoms with van der Waals surface area (Å²) >= 11 is 1.66. The van der Waals surface area contributed by atoms with Gasteiger partial charge < -0.3 is 19.7 Å². The lowest BCUT2D eigenvalue weighted by molar-refractivity contribution is -0.143.